The van der Waals surface area contributed by atoms with Crippen LogP contribution >= 0.6 is 179 Å². The van der Waals surface area contributed by atoms with Crippen molar-refractivity contribution in [2.45, 2.75) is 78.9 Å². The van der Waals surface area contributed by atoms with Gasteiger partial charge in [-0.1, -0.05) is 256 Å². The van der Waals surface area contributed by atoms with Crippen LogP contribution in [0.5, 0.6) is 17.2 Å². The first-order valence-corrected chi connectivity index (χ1v) is 47.6. The number of hydrogen-bond acceptors (Lipinski definition) is 19. The number of para-hydroxylation sites is 3. The molecule has 2 amide bonds. The molecule has 3 aliphatic rings. The summed E-state index contributed by atoms with van der Waals surface area (Å²) in [5, 5.41) is 38.5. The summed E-state index contributed by atoms with van der Waals surface area (Å²) in [7, 11) is -1.34. The van der Waals surface area contributed by atoms with E-state index in [1.165, 1.54) is 56.7 Å². The number of ether oxygens (including phenoxy) is 5. The van der Waals surface area contributed by atoms with E-state index in [-0.39, 0.29) is 59.2 Å². The number of carbonyl (C=O) groups excluding carboxylic acids is 4. The van der Waals surface area contributed by atoms with E-state index in [0.717, 1.165) is 139 Å². The van der Waals surface area contributed by atoms with Crippen LogP contribution in [-0.2, 0) is 9.47 Å². The van der Waals surface area contributed by atoms with Gasteiger partial charge in [0.1, 0.15) is 41.6 Å². The Labute approximate surface area is 798 Å². The highest BCUT2D eigenvalue weighted by Gasteiger charge is 2.30. The number of carbonyl (C=O) groups is 5. The van der Waals surface area contributed by atoms with Crippen molar-refractivity contribution in [2.24, 2.45) is 5.73 Å². The number of nitrogens with one attached hydrogen (secondary N) is 2. The van der Waals surface area contributed by atoms with Crippen LogP contribution < -0.4 is 41.8 Å². The first kappa shape index (κ1) is 99.6. The van der Waals surface area contributed by atoms with Crippen LogP contribution in [0.25, 0.3) is 61.6 Å². The quantitative estimate of drug-likeness (QED) is 0.0469. The number of benzene rings is 10. The second-order valence-corrected chi connectivity index (χ2v) is 36.1. The predicted molar refractivity (Wildman–Crippen MR) is 532 cm³/mol. The standard InChI is InChI=1S/C24H18ClNO2S.C18H13BrClNO2S.C11H8BrClO2S.C11H10BrNO2S.C9H4BrClO2S.C9H11NO.C6H7BO2.2C2H6.ClH/c25-21-18-11-6-10-16(15-7-2-1-3-8-15)22(18)29-23(21)24(27)26-19-13-14-28-20-12-5-4-9-17(19)20;19-12-6-3-5-11-15(20)17(24-16(11)12)18(22)21-13-8-9-23-14-7-2-1-4-10(13)14;2*1-2-15-11(14)10-8(13)6-4-3-5-7(12)9(6)16-10;10-5-3-1-2-4-6(11)8(9(12)13)14-7(4)5;10-8-5-6-11-9-4-2-1-3-7(8)9;8-7(9)6-4-2-1-3-5-6;2*1-2;/h1-12,19H,13-14H2,(H,26,27);1-7,13H,8-9H2,(H,21,22);3-5H,2H2,1H3;3-5H,2,13H2,1H3;1-3H,(H,12,13);1-4,8H,5-6,10H2;1-5,8-9H;2*1-2H3;1H/t19-;13-;;;;8-;;;;/m00...0..../s1. The number of anilines is 1. The van der Waals surface area contributed by atoms with Gasteiger partial charge < -0.3 is 60.9 Å². The first-order chi connectivity index (χ1) is 59.5. The number of hydrogen-bond donors (Lipinski definition) is 7. The van der Waals surface area contributed by atoms with Gasteiger partial charge in [0.25, 0.3) is 11.8 Å². The molecular weight excluding hydrogens is 2040 g/mol. The summed E-state index contributed by atoms with van der Waals surface area (Å²) in [6, 6.07) is 71.2. The Balaban J connectivity index is 0.000000168. The van der Waals surface area contributed by atoms with Crippen LogP contribution in [-0.4, -0.2) is 85.0 Å². The molecule has 124 heavy (non-hydrogen) atoms. The van der Waals surface area contributed by atoms with Crippen molar-refractivity contribution < 1.29 is 62.8 Å². The molecule has 3 atom stereocenters. The number of carboxylic acids is 1. The van der Waals surface area contributed by atoms with Gasteiger partial charge in [0.2, 0.25) is 0 Å². The van der Waals surface area contributed by atoms with Crippen LogP contribution in [0, 0.1) is 0 Å². The summed E-state index contributed by atoms with van der Waals surface area (Å²) in [5.41, 5.74) is 18.2. The molecule has 0 spiro atoms. The van der Waals surface area contributed by atoms with Crippen molar-refractivity contribution in [1.29, 1.82) is 0 Å². The molecule has 15 aromatic rings. The summed E-state index contributed by atoms with van der Waals surface area (Å²) < 4.78 is 35.2. The maximum atomic E-state index is 13.1. The van der Waals surface area contributed by atoms with E-state index >= 15 is 0 Å². The van der Waals surface area contributed by atoms with Gasteiger partial charge in [-0.25, -0.2) is 14.4 Å². The van der Waals surface area contributed by atoms with Gasteiger partial charge in [0.05, 0.1) is 89.7 Å². The maximum Gasteiger partial charge on any atom is 0.488 e. The molecule has 10 aromatic carbocycles. The molecule has 0 fully saturated rings. The average Bonchev–Trinajstić information content (AvgIpc) is 1.64. The predicted octanol–water partition coefficient (Wildman–Crippen LogP) is 27.3. The van der Waals surface area contributed by atoms with E-state index in [1.54, 1.807) is 38.1 Å². The van der Waals surface area contributed by atoms with Gasteiger partial charge in [0, 0.05) is 91.5 Å². The van der Waals surface area contributed by atoms with E-state index in [1.807, 2.05) is 210 Å². The van der Waals surface area contributed by atoms with Gasteiger partial charge in [-0.2, -0.15) is 0 Å². The lowest BCUT2D eigenvalue weighted by Gasteiger charge is -2.26. The van der Waals surface area contributed by atoms with Crippen molar-refractivity contribution in [3.63, 3.8) is 0 Å². The van der Waals surface area contributed by atoms with Gasteiger partial charge >= 0.3 is 25.0 Å². The maximum absolute atomic E-state index is 13.1. The lowest BCUT2D eigenvalue weighted by atomic mass is 9.81. The smallest absolute Gasteiger partial charge is 0.488 e. The number of esters is 2. The van der Waals surface area contributed by atoms with Crippen LogP contribution in [0.1, 0.15) is 144 Å². The number of carboxylic acid groups (broad SMARTS) is 1. The second-order valence-electron chi connectivity index (χ2n) is 26.1. The third kappa shape index (κ3) is 24.6. The highest BCUT2D eigenvalue weighted by atomic mass is 79.9. The number of nitrogens with two attached hydrogens (primary N) is 2. The fourth-order valence-corrected chi connectivity index (χ4v) is 21.9. The monoisotopic (exact) mass is 2110 g/mol. The minimum atomic E-state index is -1.34. The van der Waals surface area contributed by atoms with Crippen molar-refractivity contribution >= 4 is 278 Å². The summed E-state index contributed by atoms with van der Waals surface area (Å²) in [6.07, 6.45) is 2.41. The van der Waals surface area contributed by atoms with E-state index in [4.69, 9.17) is 96.7 Å². The summed E-state index contributed by atoms with van der Waals surface area (Å²) >= 11 is 45.7. The van der Waals surface area contributed by atoms with Crippen LogP contribution in [0.15, 0.2) is 242 Å². The SMILES string of the molecule is CC.CC.CCOC(=O)c1sc2c(Br)cccc2c1Cl.CCOC(=O)c1sc2c(Br)cccc2c1N.Cl.N[C@H]1CCOc2ccccc21.O=C(N[C@H]1CCOc2ccccc21)c1sc2c(-c3ccccc3)cccc2c1Cl.O=C(N[C@H]1CCOc2ccccc21)c1sc2c(Br)cccc2c1Cl.O=C(O)c1sc2c(Br)cccc2c1Cl.OB(O)c1ccccc1. The van der Waals surface area contributed by atoms with Crippen molar-refractivity contribution in [2.75, 3.05) is 38.8 Å². The van der Waals surface area contributed by atoms with Gasteiger partial charge in [-0.15, -0.1) is 69.1 Å². The molecule has 0 aliphatic carbocycles. The molecule has 3 aliphatic heterocycles. The molecule has 5 aromatic heterocycles. The fourth-order valence-electron chi connectivity index (χ4n) is 12.7. The van der Waals surface area contributed by atoms with Crippen molar-refractivity contribution in [1.82, 2.24) is 10.6 Å². The molecule has 32 heteroatoms. The molecule has 0 radical (unpaired) electrons. The first-order valence-electron chi connectivity index (χ1n) is 38.8. The third-order valence-electron chi connectivity index (χ3n) is 18.4. The third-order valence-corrected chi connectivity index (χ3v) is 30.3. The van der Waals surface area contributed by atoms with Crippen molar-refractivity contribution in [3.05, 3.63) is 304 Å². The van der Waals surface area contributed by atoms with E-state index in [9.17, 15) is 24.0 Å². The molecule has 0 unspecified atom stereocenters. The Morgan fingerprint density at radius 3 is 1.17 bits per heavy atom. The number of rotatable bonds is 11. The molecular formula is C92H84BBr4Cl5N4O13S5. The number of halogens is 9. The lowest BCUT2D eigenvalue weighted by molar-refractivity contribution is 0.0523. The molecule has 0 bridgehead atoms. The number of amides is 2. The number of thiophene rings is 5. The summed E-state index contributed by atoms with van der Waals surface area (Å²) in [5.74, 6) is 0.631. The molecule has 9 N–H and O–H groups in total. The number of aromatic carboxylic acids is 1. The zero-order valence-corrected chi connectivity index (χ0v) is 81.6. The minimum Gasteiger partial charge on any atom is -0.493 e. The van der Waals surface area contributed by atoms with Crippen LogP contribution in [0.3, 0.4) is 0 Å². The normalized spacial score (nSPS) is 13.5. The highest BCUT2D eigenvalue weighted by Crippen LogP contribution is 2.46. The fraction of sp³-hybridized carbons (Fsp3) is 0.185. The Bertz CT molecular complexity index is 6080. The molecule has 0 saturated heterocycles. The van der Waals surface area contributed by atoms with Crippen LogP contribution in [0.4, 0.5) is 5.69 Å². The zero-order valence-electron chi connectivity index (χ0n) is 67.4. The summed E-state index contributed by atoms with van der Waals surface area (Å²) in [4.78, 5) is 62.2. The van der Waals surface area contributed by atoms with E-state index < -0.39 is 13.1 Å². The molecule has 8 heterocycles. The Kier molecular flexibility index (Phi) is 39.1. The Morgan fingerprint density at radius 1 is 0.427 bits per heavy atom. The topological polar surface area (TPSA) is 268 Å². The zero-order chi connectivity index (χ0) is 88.6. The number of fused-ring (bicyclic) bond motifs is 8. The van der Waals surface area contributed by atoms with E-state index in [0.29, 0.717) is 77.2 Å². The summed E-state index contributed by atoms with van der Waals surface area (Å²) in [6.45, 7) is 14.2. The molecule has 0 saturated carbocycles. The molecule has 17 nitrogen and oxygen atoms in total. The second kappa shape index (κ2) is 48.7. The highest BCUT2D eigenvalue weighted by molar-refractivity contribution is 9.11. The Morgan fingerprint density at radius 2 is 0.758 bits per heavy atom. The molecule has 18 rings (SSSR count). The average molecular weight is 2120 g/mol. The van der Waals surface area contributed by atoms with Crippen LogP contribution in [0.2, 0.25) is 20.1 Å². The van der Waals surface area contributed by atoms with Gasteiger partial charge in [-0.05, 0) is 137 Å². The van der Waals surface area contributed by atoms with Crippen molar-refractivity contribution in [3.8, 4) is 28.4 Å². The van der Waals surface area contributed by atoms with Gasteiger partial charge in [0.15, 0.2) is 0 Å². The number of nitrogen functional groups attached to an aromatic ring is 1. The molecule has 646 valence electrons. The largest absolute Gasteiger partial charge is 0.493 e. The lowest BCUT2D eigenvalue weighted by Crippen LogP contribution is -2.31. The Hall–Kier alpha value is -8.14. The van der Waals surface area contributed by atoms with Gasteiger partial charge in [-0.3, -0.25) is 9.59 Å². The minimum absolute atomic E-state index is 0. The van der Waals surface area contributed by atoms with E-state index in [2.05, 4.69) is 92.6 Å².